The van der Waals surface area contributed by atoms with Gasteiger partial charge >= 0.3 is 5.76 Å². The second kappa shape index (κ2) is 6.92. The number of alkyl halides is 2. The molecule has 0 radical (unpaired) electrons. The maximum absolute atomic E-state index is 12.7. The first-order valence-electron chi connectivity index (χ1n) is 7.53. The average Bonchev–Trinajstić information content (AvgIpc) is 2.61. The van der Waals surface area contributed by atoms with Crippen molar-refractivity contribution in [3.8, 4) is 0 Å². The topological polar surface area (TPSA) is 80.5 Å². The molecular weight excluding hydrogens is 434 g/mol. The maximum Gasteiger partial charge on any atom is 0.341 e. The van der Waals surface area contributed by atoms with Crippen LogP contribution in [0.15, 0.2) is 45.8 Å². The number of rotatable bonds is 4. The highest BCUT2D eigenvalue weighted by Gasteiger charge is 2.31. The lowest BCUT2D eigenvalue weighted by atomic mass is 9.99. The third-order valence-electron chi connectivity index (χ3n) is 4.26. The van der Waals surface area contributed by atoms with E-state index >= 15 is 0 Å². The Morgan fingerprint density at radius 3 is 2.62 bits per heavy atom. The molecule has 138 valence electrons. The van der Waals surface area contributed by atoms with Gasteiger partial charge in [-0.15, -0.1) is 0 Å². The Balaban J connectivity index is 2.02. The van der Waals surface area contributed by atoms with Gasteiger partial charge in [0.25, 0.3) is 5.69 Å². The number of hydrogen-bond donors (Lipinski definition) is 0. The number of nitro benzene ring substituents is 1. The summed E-state index contributed by atoms with van der Waals surface area (Å²) in [6.45, 7) is 0.883. The van der Waals surface area contributed by atoms with Gasteiger partial charge in [0, 0.05) is 23.6 Å². The fourth-order valence-corrected chi connectivity index (χ4v) is 4.31. The molecular formula is C16H13BrF2N2O4S. The van der Waals surface area contributed by atoms with Crippen LogP contribution in [0.5, 0.6) is 0 Å². The monoisotopic (exact) mass is 446 g/mol. The summed E-state index contributed by atoms with van der Waals surface area (Å²) in [7, 11) is -4.90. The van der Waals surface area contributed by atoms with Crippen molar-refractivity contribution in [1.29, 1.82) is 0 Å². The van der Waals surface area contributed by atoms with Crippen LogP contribution in [-0.2, 0) is 22.8 Å². The number of hydrogen-bond acceptors (Lipinski definition) is 5. The molecule has 6 nitrogen and oxygen atoms in total. The molecule has 1 aliphatic heterocycles. The first-order valence-corrected chi connectivity index (χ1v) is 9.87. The Labute approximate surface area is 156 Å². The molecule has 2 aromatic carbocycles. The maximum atomic E-state index is 12.7. The molecule has 0 fully saturated rings. The lowest BCUT2D eigenvalue weighted by Gasteiger charge is -2.31. The minimum atomic E-state index is -4.90. The van der Waals surface area contributed by atoms with Crippen LogP contribution >= 0.6 is 15.9 Å². The van der Waals surface area contributed by atoms with E-state index in [-0.39, 0.29) is 5.69 Å². The zero-order valence-electron chi connectivity index (χ0n) is 13.2. The molecule has 2 aromatic rings. The van der Waals surface area contributed by atoms with Crippen LogP contribution < -0.4 is 4.90 Å². The Kier molecular flexibility index (Phi) is 4.98. The van der Waals surface area contributed by atoms with Gasteiger partial charge in [0.1, 0.15) is 5.69 Å². The SMILES string of the molecule is O=[N+]([O-])c1cc(S(=O)(=O)C(F)F)ccc1N1CCc2c(Br)cccc2C1. The van der Waals surface area contributed by atoms with E-state index in [4.69, 9.17) is 0 Å². The van der Waals surface area contributed by atoms with Crippen LogP contribution in [0.4, 0.5) is 20.2 Å². The van der Waals surface area contributed by atoms with Crippen LogP contribution in [0.1, 0.15) is 11.1 Å². The molecule has 0 spiro atoms. The van der Waals surface area contributed by atoms with E-state index in [0.717, 1.165) is 21.7 Å². The van der Waals surface area contributed by atoms with Crippen molar-refractivity contribution in [3.63, 3.8) is 0 Å². The third-order valence-corrected chi connectivity index (χ3v) is 6.38. The first-order chi connectivity index (χ1) is 12.2. The van der Waals surface area contributed by atoms with Crippen LogP contribution in [0.2, 0.25) is 0 Å². The van der Waals surface area contributed by atoms with Gasteiger partial charge in [-0.1, -0.05) is 28.1 Å². The minimum Gasteiger partial charge on any atom is -0.361 e. The summed E-state index contributed by atoms with van der Waals surface area (Å²) in [5, 5.41) is 11.4. The second-order valence-corrected chi connectivity index (χ2v) is 8.53. The number of benzene rings is 2. The average molecular weight is 447 g/mol. The predicted molar refractivity (Wildman–Crippen MR) is 95.2 cm³/mol. The molecule has 0 saturated carbocycles. The van der Waals surface area contributed by atoms with E-state index in [1.54, 1.807) is 4.90 Å². The number of sulfone groups is 1. The molecule has 0 N–H and O–H groups in total. The molecule has 0 saturated heterocycles. The van der Waals surface area contributed by atoms with E-state index in [1.807, 2.05) is 18.2 Å². The van der Waals surface area contributed by atoms with E-state index in [9.17, 15) is 27.3 Å². The van der Waals surface area contributed by atoms with Gasteiger partial charge in [0.2, 0.25) is 9.84 Å². The van der Waals surface area contributed by atoms with Crippen LogP contribution in [0, 0.1) is 10.1 Å². The molecule has 10 heteroatoms. The largest absolute Gasteiger partial charge is 0.361 e. The van der Waals surface area contributed by atoms with Crippen LogP contribution in [0.3, 0.4) is 0 Å². The van der Waals surface area contributed by atoms with Crippen molar-refractivity contribution in [2.24, 2.45) is 0 Å². The summed E-state index contributed by atoms with van der Waals surface area (Å²) >= 11 is 3.48. The second-order valence-electron chi connectivity index (χ2n) is 5.76. The van der Waals surface area contributed by atoms with Crippen LogP contribution in [0.25, 0.3) is 0 Å². The lowest BCUT2D eigenvalue weighted by molar-refractivity contribution is -0.384. The number of nitro groups is 1. The Morgan fingerprint density at radius 1 is 1.23 bits per heavy atom. The van der Waals surface area contributed by atoms with E-state index < -0.39 is 31.1 Å². The highest BCUT2D eigenvalue weighted by Crippen LogP contribution is 2.36. The van der Waals surface area contributed by atoms with Gasteiger partial charge in [0.05, 0.1) is 9.82 Å². The Morgan fingerprint density at radius 2 is 1.96 bits per heavy atom. The highest BCUT2D eigenvalue weighted by atomic mass is 79.9. The van der Waals surface area contributed by atoms with E-state index in [0.29, 0.717) is 25.6 Å². The normalized spacial score (nSPS) is 14.4. The van der Waals surface area contributed by atoms with Gasteiger partial charge in [-0.25, -0.2) is 8.42 Å². The molecule has 3 rings (SSSR count). The summed E-state index contributed by atoms with van der Waals surface area (Å²) in [6, 6.07) is 8.59. The molecule has 0 aliphatic carbocycles. The lowest BCUT2D eigenvalue weighted by Crippen LogP contribution is -2.31. The van der Waals surface area contributed by atoms with E-state index in [1.165, 1.54) is 6.07 Å². The van der Waals surface area contributed by atoms with Gasteiger partial charge in [0.15, 0.2) is 0 Å². The summed E-state index contributed by atoms with van der Waals surface area (Å²) in [6.07, 6.45) is 0.644. The zero-order chi connectivity index (χ0) is 19.1. The van der Waals surface area contributed by atoms with Crippen molar-refractivity contribution in [1.82, 2.24) is 0 Å². The summed E-state index contributed by atoms with van der Waals surface area (Å²) < 4.78 is 49.6. The summed E-state index contributed by atoms with van der Waals surface area (Å²) in [5.41, 5.74) is 1.80. The van der Waals surface area contributed by atoms with Gasteiger partial charge in [-0.3, -0.25) is 10.1 Å². The van der Waals surface area contributed by atoms with Crippen molar-refractivity contribution in [2.75, 3.05) is 11.4 Å². The highest BCUT2D eigenvalue weighted by molar-refractivity contribution is 9.10. The number of halogens is 3. The van der Waals surface area contributed by atoms with E-state index in [2.05, 4.69) is 15.9 Å². The summed E-state index contributed by atoms with van der Waals surface area (Å²) in [4.78, 5) is 11.6. The molecule has 26 heavy (non-hydrogen) atoms. The molecule has 0 bridgehead atoms. The minimum absolute atomic E-state index is 0.203. The fraction of sp³-hybridized carbons (Fsp3) is 0.250. The molecule has 0 aromatic heterocycles. The Hall–Kier alpha value is -2.07. The van der Waals surface area contributed by atoms with Crippen LogP contribution in [-0.4, -0.2) is 25.6 Å². The van der Waals surface area contributed by atoms with Gasteiger partial charge < -0.3 is 4.90 Å². The standard InChI is InChI=1S/C16H13BrF2N2O4S/c17-13-3-1-2-10-9-20(7-6-12(10)13)14-5-4-11(8-15(14)21(22)23)26(24,25)16(18)19/h1-5,8,16H,6-7,9H2. The van der Waals surface area contributed by atoms with Crippen molar-refractivity contribution in [3.05, 3.63) is 62.1 Å². The van der Waals surface area contributed by atoms with Gasteiger partial charge in [-0.2, -0.15) is 8.78 Å². The van der Waals surface area contributed by atoms with Crippen molar-refractivity contribution >= 4 is 37.1 Å². The molecule has 0 atom stereocenters. The zero-order valence-corrected chi connectivity index (χ0v) is 15.6. The Bertz CT molecular complexity index is 982. The first kappa shape index (κ1) is 18.7. The number of fused-ring (bicyclic) bond motifs is 1. The number of anilines is 1. The third kappa shape index (κ3) is 3.30. The fourth-order valence-electron chi connectivity index (χ4n) is 2.97. The van der Waals surface area contributed by atoms with Gasteiger partial charge in [-0.05, 0) is 35.7 Å². The summed E-state index contributed by atoms with van der Waals surface area (Å²) in [5.74, 6) is -3.63. The van der Waals surface area contributed by atoms with Crippen molar-refractivity contribution < 1.29 is 22.1 Å². The smallest absolute Gasteiger partial charge is 0.341 e. The molecule has 1 heterocycles. The molecule has 0 unspecified atom stereocenters. The molecule has 1 aliphatic rings. The van der Waals surface area contributed by atoms with Crippen molar-refractivity contribution in [2.45, 2.75) is 23.6 Å². The molecule has 0 amide bonds. The number of nitrogens with zero attached hydrogens (tertiary/aromatic N) is 2. The predicted octanol–water partition coefficient (Wildman–Crippen LogP) is 3.92. The quantitative estimate of drug-likeness (QED) is 0.525.